The van der Waals surface area contributed by atoms with Crippen molar-refractivity contribution in [2.75, 3.05) is 0 Å². The molecule has 0 unspecified atom stereocenters. The van der Waals surface area contributed by atoms with E-state index >= 15 is 0 Å². The molecule has 3 nitrogen and oxygen atoms in total. The molecule has 0 spiro atoms. The summed E-state index contributed by atoms with van der Waals surface area (Å²) >= 11 is 3.56. The quantitative estimate of drug-likeness (QED) is 0.560. The summed E-state index contributed by atoms with van der Waals surface area (Å²) in [5, 5.41) is 10.8. The number of hydrogen-bond donors (Lipinski definition) is 1. The summed E-state index contributed by atoms with van der Waals surface area (Å²) in [6, 6.07) is 20.7. The molecule has 0 radical (unpaired) electrons. The minimum absolute atomic E-state index is 0.179. The van der Waals surface area contributed by atoms with Gasteiger partial charge in [-0.1, -0.05) is 36.4 Å². The van der Waals surface area contributed by atoms with Gasteiger partial charge in [-0.3, -0.25) is 0 Å². The molecule has 0 aliphatic rings. The zero-order valence-corrected chi connectivity index (χ0v) is 12.3. The standard InChI is InChI=1S/C15H13N3S2/c1-3-7-12(8-4-1)19-15(14-11-16-18-17-14)20-13-9-5-2-6-10-13/h1-11,15H,(H,16,17,18). The molecule has 0 aliphatic carbocycles. The van der Waals surface area contributed by atoms with Crippen molar-refractivity contribution in [3.8, 4) is 0 Å². The van der Waals surface area contributed by atoms with Gasteiger partial charge in [0.25, 0.3) is 0 Å². The molecule has 2 aromatic carbocycles. The highest BCUT2D eigenvalue weighted by molar-refractivity contribution is 8.16. The average Bonchev–Trinajstić information content (AvgIpc) is 3.03. The van der Waals surface area contributed by atoms with E-state index in [0.717, 1.165) is 5.69 Å². The molecule has 20 heavy (non-hydrogen) atoms. The Morgan fingerprint density at radius 2 is 1.35 bits per heavy atom. The van der Waals surface area contributed by atoms with Crippen LogP contribution in [0.4, 0.5) is 0 Å². The number of rotatable bonds is 5. The fourth-order valence-corrected chi connectivity index (χ4v) is 4.16. The van der Waals surface area contributed by atoms with Gasteiger partial charge >= 0.3 is 0 Å². The summed E-state index contributed by atoms with van der Waals surface area (Å²) in [7, 11) is 0. The number of nitrogens with zero attached hydrogens (tertiary/aromatic N) is 2. The summed E-state index contributed by atoms with van der Waals surface area (Å²) in [4.78, 5) is 2.45. The third kappa shape index (κ3) is 3.43. The fraction of sp³-hybridized carbons (Fsp3) is 0.0667. The molecule has 0 bridgehead atoms. The van der Waals surface area contributed by atoms with E-state index in [0.29, 0.717) is 0 Å². The first kappa shape index (κ1) is 13.3. The van der Waals surface area contributed by atoms with Crippen LogP contribution in [0.25, 0.3) is 0 Å². The third-order valence-electron chi connectivity index (χ3n) is 2.65. The zero-order chi connectivity index (χ0) is 13.6. The molecule has 3 rings (SSSR count). The smallest absolute Gasteiger partial charge is 0.106 e. The van der Waals surface area contributed by atoms with Crippen molar-refractivity contribution in [2.24, 2.45) is 0 Å². The molecule has 0 saturated carbocycles. The van der Waals surface area contributed by atoms with Crippen LogP contribution in [0.15, 0.2) is 76.7 Å². The van der Waals surface area contributed by atoms with E-state index in [9.17, 15) is 0 Å². The van der Waals surface area contributed by atoms with Gasteiger partial charge in [-0.15, -0.1) is 23.5 Å². The number of hydrogen-bond acceptors (Lipinski definition) is 4. The molecule has 0 atom stereocenters. The summed E-state index contributed by atoms with van der Waals surface area (Å²) in [6.07, 6.45) is 1.79. The van der Waals surface area contributed by atoms with E-state index in [4.69, 9.17) is 0 Å². The Morgan fingerprint density at radius 1 is 0.800 bits per heavy atom. The Morgan fingerprint density at radius 3 is 1.80 bits per heavy atom. The van der Waals surface area contributed by atoms with Crippen LogP contribution in [-0.4, -0.2) is 15.4 Å². The molecule has 0 aliphatic heterocycles. The second-order valence-electron chi connectivity index (χ2n) is 4.09. The van der Waals surface area contributed by atoms with Crippen LogP contribution in [0.1, 0.15) is 10.3 Å². The molecule has 1 N–H and O–H groups in total. The van der Waals surface area contributed by atoms with Crippen LogP contribution in [0.3, 0.4) is 0 Å². The number of nitrogens with one attached hydrogen (secondary N) is 1. The molecular formula is C15H13N3S2. The van der Waals surface area contributed by atoms with Crippen LogP contribution >= 0.6 is 23.5 Å². The predicted molar refractivity (Wildman–Crippen MR) is 83.7 cm³/mol. The SMILES string of the molecule is c1ccc(SC(Sc2ccccc2)c2cn[nH]n2)cc1. The maximum absolute atomic E-state index is 4.23. The first-order chi connectivity index (χ1) is 9.92. The highest BCUT2D eigenvalue weighted by Gasteiger charge is 2.17. The monoisotopic (exact) mass is 299 g/mol. The Labute approximate surface area is 126 Å². The lowest BCUT2D eigenvalue weighted by atomic mass is 10.4. The molecule has 0 saturated heterocycles. The Bertz CT molecular complexity index is 585. The maximum Gasteiger partial charge on any atom is 0.106 e. The van der Waals surface area contributed by atoms with E-state index in [-0.39, 0.29) is 4.58 Å². The Hall–Kier alpha value is -1.72. The predicted octanol–water partition coefficient (Wildman–Crippen LogP) is 4.39. The van der Waals surface area contributed by atoms with E-state index in [1.54, 1.807) is 29.7 Å². The van der Waals surface area contributed by atoms with Crippen molar-refractivity contribution in [2.45, 2.75) is 14.4 Å². The molecule has 0 amide bonds. The van der Waals surface area contributed by atoms with Gasteiger partial charge in [-0.25, -0.2) is 0 Å². The minimum atomic E-state index is 0.179. The van der Waals surface area contributed by atoms with E-state index in [1.807, 2.05) is 12.1 Å². The number of benzene rings is 2. The van der Waals surface area contributed by atoms with Crippen molar-refractivity contribution in [1.29, 1.82) is 0 Å². The number of aromatic nitrogens is 3. The number of aromatic amines is 1. The van der Waals surface area contributed by atoms with Crippen LogP contribution in [0, 0.1) is 0 Å². The van der Waals surface area contributed by atoms with Crippen molar-refractivity contribution in [1.82, 2.24) is 15.4 Å². The van der Waals surface area contributed by atoms with E-state index in [2.05, 4.69) is 63.9 Å². The van der Waals surface area contributed by atoms with Gasteiger partial charge < -0.3 is 0 Å². The highest BCUT2D eigenvalue weighted by Crippen LogP contribution is 2.45. The molecule has 0 fully saturated rings. The first-order valence-electron chi connectivity index (χ1n) is 6.21. The van der Waals surface area contributed by atoms with Crippen LogP contribution < -0.4 is 0 Å². The topological polar surface area (TPSA) is 41.6 Å². The van der Waals surface area contributed by atoms with Gasteiger partial charge in [0, 0.05) is 9.79 Å². The number of thioether (sulfide) groups is 2. The molecule has 100 valence electrons. The van der Waals surface area contributed by atoms with Crippen LogP contribution in [0.5, 0.6) is 0 Å². The van der Waals surface area contributed by atoms with Gasteiger partial charge in [0.05, 0.1) is 6.20 Å². The largest absolute Gasteiger partial charge is 0.198 e. The maximum atomic E-state index is 4.23. The summed E-state index contributed by atoms with van der Waals surface area (Å²) in [5.41, 5.74) is 0.952. The van der Waals surface area contributed by atoms with Gasteiger partial charge in [0.1, 0.15) is 10.3 Å². The van der Waals surface area contributed by atoms with Crippen LogP contribution in [-0.2, 0) is 0 Å². The lowest BCUT2D eigenvalue weighted by Crippen LogP contribution is -1.90. The zero-order valence-electron chi connectivity index (χ0n) is 10.6. The number of H-pyrrole nitrogens is 1. The third-order valence-corrected chi connectivity index (χ3v) is 5.22. The van der Waals surface area contributed by atoms with Crippen molar-refractivity contribution < 1.29 is 0 Å². The fourth-order valence-electron chi connectivity index (χ4n) is 1.71. The van der Waals surface area contributed by atoms with Gasteiger partial charge in [0.2, 0.25) is 0 Å². The minimum Gasteiger partial charge on any atom is -0.198 e. The van der Waals surface area contributed by atoms with Crippen molar-refractivity contribution >= 4 is 23.5 Å². The van der Waals surface area contributed by atoms with Gasteiger partial charge in [-0.05, 0) is 24.3 Å². The second-order valence-corrected chi connectivity index (χ2v) is 6.74. The van der Waals surface area contributed by atoms with Crippen molar-refractivity contribution in [3.63, 3.8) is 0 Å². The molecule has 5 heteroatoms. The lowest BCUT2D eigenvalue weighted by molar-refractivity contribution is 0.924. The molecule has 3 aromatic rings. The highest BCUT2D eigenvalue weighted by atomic mass is 32.2. The second kappa shape index (κ2) is 6.63. The van der Waals surface area contributed by atoms with Crippen LogP contribution in [0.2, 0.25) is 0 Å². The molecular weight excluding hydrogens is 286 g/mol. The van der Waals surface area contributed by atoms with Gasteiger partial charge in [0.15, 0.2) is 0 Å². The average molecular weight is 299 g/mol. The molecule has 1 aromatic heterocycles. The summed E-state index contributed by atoms with van der Waals surface area (Å²) in [5.74, 6) is 0. The first-order valence-corrected chi connectivity index (χ1v) is 7.97. The lowest BCUT2D eigenvalue weighted by Gasteiger charge is -2.13. The normalized spacial score (nSPS) is 10.8. The summed E-state index contributed by atoms with van der Waals surface area (Å²) in [6.45, 7) is 0. The molecule has 1 heterocycles. The van der Waals surface area contributed by atoms with Gasteiger partial charge in [-0.2, -0.15) is 15.4 Å². The Kier molecular flexibility index (Phi) is 4.40. The van der Waals surface area contributed by atoms with E-state index in [1.165, 1.54) is 9.79 Å². The Balaban J connectivity index is 1.81. The van der Waals surface area contributed by atoms with Crippen molar-refractivity contribution in [3.05, 3.63) is 72.6 Å². The van der Waals surface area contributed by atoms with E-state index < -0.39 is 0 Å². The summed E-state index contributed by atoms with van der Waals surface area (Å²) < 4.78 is 0.179.